The lowest BCUT2D eigenvalue weighted by Gasteiger charge is -2.11. The summed E-state index contributed by atoms with van der Waals surface area (Å²) in [5.41, 5.74) is 3.12. The maximum absolute atomic E-state index is 4.31. The van der Waals surface area contributed by atoms with Crippen molar-refractivity contribution in [2.24, 2.45) is 0 Å². The summed E-state index contributed by atoms with van der Waals surface area (Å²) in [6, 6.07) is 8.30. The van der Waals surface area contributed by atoms with Crippen molar-refractivity contribution in [3.05, 3.63) is 40.1 Å². The first-order chi connectivity index (χ1) is 9.13. The van der Waals surface area contributed by atoms with Gasteiger partial charge >= 0.3 is 0 Å². The number of nitrogens with zero attached hydrogens (tertiary/aromatic N) is 3. The molecule has 0 aliphatic rings. The Bertz CT molecular complexity index is 533. The summed E-state index contributed by atoms with van der Waals surface area (Å²) in [4.78, 5) is 0. The topological polar surface area (TPSA) is 42.7 Å². The van der Waals surface area contributed by atoms with E-state index in [0.29, 0.717) is 0 Å². The molecule has 1 aromatic heterocycles. The molecule has 1 N–H and O–H groups in total. The fourth-order valence-corrected chi connectivity index (χ4v) is 2.29. The van der Waals surface area contributed by atoms with Gasteiger partial charge < -0.3 is 5.32 Å². The van der Waals surface area contributed by atoms with Crippen LogP contribution in [0.4, 0.5) is 0 Å². The number of benzene rings is 1. The Morgan fingerprint density at radius 3 is 2.63 bits per heavy atom. The molecule has 1 atom stereocenters. The number of halogens is 1. The van der Waals surface area contributed by atoms with Gasteiger partial charge in [-0.05, 0) is 51.1 Å². The van der Waals surface area contributed by atoms with Gasteiger partial charge in [-0.1, -0.05) is 28.1 Å². The molecule has 0 fully saturated rings. The van der Waals surface area contributed by atoms with E-state index < -0.39 is 0 Å². The molecule has 5 heteroatoms. The molecule has 0 radical (unpaired) electrons. The Kier molecular flexibility index (Phi) is 4.71. The van der Waals surface area contributed by atoms with E-state index in [4.69, 9.17) is 0 Å². The first-order valence-corrected chi connectivity index (χ1v) is 7.34. The lowest BCUT2D eigenvalue weighted by molar-refractivity contribution is 0.555. The summed E-state index contributed by atoms with van der Waals surface area (Å²) in [5, 5.41) is 12.0. The molecule has 2 aromatic rings. The lowest BCUT2D eigenvalue weighted by Crippen LogP contribution is -2.20. The van der Waals surface area contributed by atoms with Crippen LogP contribution in [0, 0.1) is 6.92 Å². The Morgan fingerprint density at radius 1 is 1.32 bits per heavy atom. The Hall–Kier alpha value is -1.20. The second kappa shape index (κ2) is 6.30. The van der Waals surface area contributed by atoms with Gasteiger partial charge in [-0.3, -0.25) is 0 Å². The maximum atomic E-state index is 4.31. The highest BCUT2D eigenvalue weighted by Crippen LogP contribution is 2.19. The molecule has 0 bridgehead atoms. The SMILES string of the molecule is CCCNC(C)c1nnn(-c2ccc(Br)cc2)c1C. The Morgan fingerprint density at radius 2 is 2.00 bits per heavy atom. The van der Waals surface area contributed by atoms with Crippen LogP contribution in [0.25, 0.3) is 5.69 Å². The summed E-state index contributed by atoms with van der Waals surface area (Å²) < 4.78 is 2.94. The number of rotatable bonds is 5. The van der Waals surface area contributed by atoms with Gasteiger partial charge in [0.25, 0.3) is 0 Å². The number of aromatic nitrogens is 3. The molecule has 0 saturated carbocycles. The lowest BCUT2D eigenvalue weighted by atomic mass is 10.2. The summed E-state index contributed by atoms with van der Waals surface area (Å²) >= 11 is 3.44. The largest absolute Gasteiger partial charge is 0.309 e. The van der Waals surface area contributed by atoms with Gasteiger partial charge in [0.05, 0.1) is 17.4 Å². The minimum atomic E-state index is 0.226. The van der Waals surface area contributed by atoms with Crippen LogP contribution in [-0.4, -0.2) is 21.5 Å². The summed E-state index contributed by atoms with van der Waals surface area (Å²) in [5.74, 6) is 0. The molecule has 1 aromatic carbocycles. The van der Waals surface area contributed by atoms with Crippen LogP contribution in [0.1, 0.15) is 37.7 Å². The van der Waals surface area contributed by atoms with Gasteiger partial charge in [0.2, 0.25) is 0 Å². The normalized spacial score (nSPS) is 12.6. The van der Waals surface area contributed by atoms with Crippen molar-refractivity contribution in [2.45, 2.75) is 33.2 Å². The van der Waals surface area contributed by atoms with E-state index in [9.17, 15) is 0 Å². The smallest absolute Gasteiger partial charge is 0.103 e. The molecule has 4 nitrogen and oxygen atoms in total. The van der Waals surface area contributed by atoms with Crippen molar-refractivity contribution in [2.75, 3.05) is 6.54 Å². The number of hydrogen-bond donors (Lipinski definition) is 1. The predicted octanol–water partition coefficient (Wildman–Crippen LogP) is 3.40. The third-order valence-electron chi connectivity index (χ3n) is 3.11. The van der Waals surface area contributed by atoms with E-state index in [0.717, 1.165) is 34.5 Å². The molecule has 0 amide bonds. The number of nitrogens with one attached hydrogen (secondary N) is 1. The zero-order chi connectivity index (χ0) is 13.8. The van der Waals surface area contributed by atoms with Gasteiger partial charge in [-0.2, -0.15) is 0 Å². The quantitative estimate of drug-likeness (QED) is 0.917. The van der Waals surface area contributed by atoms with Crippen LogP contribution in [-0.2, 0) is 0 Å². The van der Waals surface area contributed by atoms with E-state index in [1.54, 1.807) is 0 Å². The fourth-order valence-electron chi connectivity index (χ4n) is 2.03. The van der Waals surface area contributed by atoms with Crippen molar-refractivity contribution in [1.82, 2.24) is 20.3 Å². The average Bonchev–Trinajstić information content (AvgIpc) is 2.79. The second-order valence-corrected chi connectivity index (χ2v) is 5.54. The van der Waals surface area contributed by atoms with Crippen LogP contribution in [0.15, 0.2) is 28.7 Å². The third kappa shape index (κ3) is 3.22. The van der Waals surface area contributed by atoms with Gasteiger partial charge in [0.1, 0.15) is 5.69 Å². The summed E-state index contributed by atoms with van der Waals surface area (Å²) in [6.07, 6.45) is 1.12. The molecule has 102 valence electrons. The van der Waals surface area contributed by atoms with Crippen LogP contribution < -0.4 is 5.32 Å². The van der Waals surface area contributed by atoms with Crippen molar-refractivity contribution in [3.8, 4) is 5.69 Å². The Balaban J connectivity index is 2.25. The van der Waals surface area contributed by atoms with Crippen LogP contribution in [0.3, 0.4) is 0 Å². The van der Waals surface area contributed by atoms with Crippen molar-refractivity contribution >= 4 is 15.9 Å². The molecular weight excluding hydrogens is 304 g/mol. The fraction of sp³-hybridized carbons (Fsp3) is 0.429. The standard InChI is InChI=1S/C14H19BrN4/c1-4-9-16-10(2)14-11(3)19(18-17-14)13-7-5-12(15)6-8-13/h5-8,10,16H,4,9H2,1-3H3. The molecule has 0 spiro atoms. The van der Waals surface area contributed by atoms with Gasteiger partial charge in [0.15, 0.2) is 0 Å². The highest BCUT2D eigenvalue weighted by Gasteiger charge is 2.15. The minimum absolute atomic E-state index is 0.226. The summed E-state index contributed by atoms with van der Waals surface area (Å²) in [6.45, 7) is 7.33. The Labute approximate surface area is 122 Å². The molecule has 0 aliphatic heterocycles. The van der Waals surface area contributed by atoms with E-state index in [1.165, 1.54) is 0 Å². The third-order valence-corrected chi connectivity index (χ3v) is 3.64. The molecule has 1 unspecified atom stereocenters. The number of hydrogen-bond acceptors (Lipinski definition) is 3. The zero-order valence-electron chi connectivity index (χ0n) is 11.5. The van der Waals surface area contributed by atoms with E-state index in [-0.39, 0.29) is 6.04 Å². The first-order valence-electron chi connectivity index (χ1n) is 6.55. The second-order valence-electron chi connectivity index (χ2n) is 4.62. The molecule has 0 aliphatic carbocycles. The highest BCUT2D eigenvalue weighted by atomic mass is 79.9. The zero-order valence-corrected chi connectivity index (χ0v) is 13.1. The van der Waals surface area contributed by atoms with Crippen LogP contribution >= 0.6 is 15.9 Å². The van der Waals surface area contributed by atoms with Crippen molar-refractivity contribution < 1.29 is 0 Å². The predicted molar refractivity (Wildman–Crippen MR) is 80.5 cm³/mol. The molecule has 2 rings (SSSR count). The molecular formula is C14H19BrN4. The van der Waals surface area contributed by atoms with Gasteiger partial charge in [0, 0.05) is 4.47 Å². The monoisotopic (exact) mass is 322 g/mol. The van der Waals surface area contributed by atoms with Crippen LogP contribution in [0.2, 0.25) is 0 Å². The minimum Gasteiger partial charge on any atom is -0.309 e. The van der Waals surface area contributed by atoms with Gasteiger partial charge in [-0.15, -0.1) is 5.10 Å². The van der Waals surface area contributed by atoms with E-state index in [2.05, 4.69) is 52.3 Å². The molecule has 0 saturated heterocycles. The molecule has 19 heavy (non-hydrogen) atoms. The van der Waals surface area contributed by atoms with E-state index >= 15 is 0 Å². The first kappa shape index (κ1) is 14.2. The average molecular weight is 323 g/mol. The van der Waals surface area contributed by atoms with E-state index in [1.807, 2.05) is 28.9 Å². The maximum Gasteiger partial charge on any atom is 0.103 e. The highest BCUT2D eigenvalue weighted by molar-refractivity contribution is 9.10. The van der Waals surface area contributed by atoms with Gasteiger partial charge in [-0.25, -0.2) is 4.68 Å². The molecule has 1 heterocycles. The van der Waals surface area contributed by atoms with Crippen LogP contribution in [0.5, 0.6) is 0 Å². The van der Waals surface area contributed by atoms with Crippen molar-refractivity contribution in [1.29, 1.82) is 0 Å². The summed E-state index contributed by atoms with van der Waals surface area (Å²) in [7, 11) is 0. The van der Waals surface area contributed by atoms with Crippen molar-refractivity contribution in [3.63, 3.8) is 0 Å².